The average Bonchev–Trinajstić information content (AvgIpc) is 3.15. The Morgan fingerprint density at radius 1 is 1.17 bits per heavy atom. The van der Waals surface area contributed by atoms with E-state index in [1.807, 2.05) is 36.4 Å². The van der Waals surface area contributed by atoms with Crippen LogP contribution < -0.4 is 9.54 Å². The van der Waals surface area contributed by atoms with Crippen LogP contribution in [0, 0.1) is 0 Å². The molecule has 3 rings (SSSR count). The lowest BCUT2D eigenvalue weighted by Crippen LogP contribution is -2.48. The molecular weight excluding hydrogens is 486 g/mol. The summed E-state index contributed by atoms with van der Waals surface area (Å²) in [6.45, 7) is 13.2. The zero-order valence-corrected chi connectivity index (χ0v) is 23.3. The van der Waals surface area contributed by atoms with Crippen LogP contribution in [-0.2, 0) is 16.7 Å². The van der Waals surface area contributed by atoms with Gasteiger partial charge < -0.3 is 18.9 Å². The number of nitrogens with zero attached hydrogens (tertiary/aromatic N) is 3. The third-order valence-electron chi connectivity index (χ3n) is 5.71. The van der Waals surface area contributed by atoms with Crippen LogP contribution in [0.5, 0.6) is 5.75 Å². The number of carbonyl (C=O) groups is 2. The number of piperidine rings is 1. The second-order valence-corrected chi connectivity index (χ2v) is 12.3. The SMILES string of the molecule is COc1ccc(Cl)cc1C(=O)N=c1sc(C(C)(C)C)cn1C[C@@H]1CCCCN1C(=O)OC(C)(C)C. The fraction of sp³-hybridized carbons (Fsp3) is 0.577. The Hall–Kier alpha value is -2.32. The Balaban J connectivity index is 1.99. The molecule has 1 aromatic heterocycles. The van der Waals surface area contributed by atoms with Crippen molar-refractivity contribution in [3.63, 3.8) is 0 Å². The van der Waals surface area contributed by atoms with Gasteiger partial charge in [-0.2, -0.15) is 4.99 Å². The quantitative estimate of drug-likeness (QED) is 0.491. The van der Waals surface area contributed by atoms with Crippen molar-refractivity contribution in [2.75, 3.05) is 13.7 Å². The van der Waals surface area contributed by atoms with E-state index in [0.717, 1.165) is 24.1 Å². The fourth-order valence-electron chi connectivity index (χ4n) is 3.92. The summed E-state index contributed by atoms with van der Waals surface area (Å²) < 4.78 is 13.0. The van der Waals surface area contributed by atoms with E-state index in [4.69, 9.17) is 21.1 Å². The highest BCUT2D eigenvalue weighted by Crippen LogP contribution is 2.27. The van der Waals surface area contributed by atoms with Crippen molar-refractivity contribution in [2.24, 2.45) is 4.99 Å². The largest absolute Gasteiger partial charge is 0.496 e. The van der Waals surface area contributed by atoms with Gasteiger partial charge in [-0.1, -0.05) is 32.4 Å². The lowest BCUT2D eigenvalue weighted by atomic mass is 9.95. The van der Waals surface area contributed by atoms with E-state index in [9.17, 15) is 9.59 Å². The summed E-state index contributed by atoms with van der Waals surface area (Å²) in [5, 5.41) is 0.439. The minimum atomic E-state index is -0.559. The molecule has 35 heavy (non-hydrogen) atoms. The van der Waals surface area contributed by atoms with Crippen LogP contribution in [0.1, 0.15) is 76.0 Å². The molecule has 0 unspecified atom stereocenters. The number of thiazole rings is 1. The third-order valence-corrected chi connectivity index (χ3v) is 7.39. The van der Waals surface area contributed by atoms with Crippen molar-refractivity contribution >= 4 is 34.9 Å². The number of aromatic nitrogens is 1. The molecule has 9 heteroatoms. The molecule has 0 spiro atoms. The smallest absolute Gasteiger partial charge is 0.410 e. The molecule has 1 aliphatic heterocycles. The lowest BCUT2D eigenvalue weighted by Gasteiger charge is -2.37. The number of hydrogen-bond acceptors (Lipinski definition) is 5. The highest BCUT2D eigenvalue weighted by Gasteiger charge is 2.31. The Bertz CT molecular complexity index is 1140. The van der Waals surface area contributed by atoms with Crippen molar-refractivity contribution in [3.8, 4) is 5.75 Å². The number of halogens is 1. The maximum Gasteiger partial charge on any atom is 0.410 e. The van der Waals surface area contributed by atoms with Crippen LogP contribution in [0.2, 0.25) is 5.02 Å². The molecule has 0 saturated carbocycles. The first-order valence-corrected chi connectivity index (χ1v) is 13.1. The standard InChI is InChI=1S/C26H36ClN3O4S/c1-25(2,3)21-16-29(15-18-10-8-9-13-30(18)24(32)34-26(4,5)6)23(35-21)28-22(31)19-14-17(27)11-12-20(19)33-7/h11-12,14,16,18H,8-10,13,15H2,1-7H3/t18-/m0/s1. The molecule has 1 fully saturated rings. The Morgan fingerprint density at radius 3 is 2.51 bits per heavy atom. The van der Waals surface area contributed by atoms with Gasteiger partial charge in [-0.15, -0.1) is 11.3 Å². The van der Waals surface area contributed by atoms with Gasteiger partial charge in [0.25, 0.3) is 5.91 Å². The number of ether oxygens (including phenoxy) is 2. The molecule has 1 aromatic carbocycles. The number of benzene rings is 1. The zero-order chi connectivity index (χ0) is 26.0. The Labute approximate surface area is 216 Å². The summed E-state index contributed by atoms with van der Waals surface area (Å²) in [6, 6.07) is 4.86. The Kier molecular flexibility index (Phi) is 8.37. The number of likely N-dealkylation sites (tertiary alicyclic amines) is 1. The van der Waals surface area contributed by atoms with Crippen molar-refractivity contribution in [2.45, 2.75) is 84.4 Å². The van der Waals surface area contributed by atoms with Gasteiger partial charge >= 0.3 is 6.09 Å². The van der Waals surface area contributed by atoms with E-state index in [0.29, 0.717) is 34.2 Å². The predicted molar refractivity (Wildman–Crippen MR) is 139 cm³/mol. The fourth-order valence-corrected chi connectivity index (χ4v) is 5.15. The molecule has 1 aliphatic rings. The highest BCUT2D eigenvalue weighted by molar-refractivity contribution is 7.09. The van der Waals surface area contributed by atoms with Gasteiger partial charge in [0.15, 0.2) is 4.80 Å². The number of rotatable bonds is 4. The van der Waals surface area contributed by atoms with Crippen molar-refractivity contribution in [3.05, 3.63) is 44.7 Å². The van der Waals surface area contributed by atoms with Crippen LogP contribution in [0.15, 0.2) is 29.4 Å². The normalized spacial score (nSPS) is 17.4. The van der Waals surface area contributed by atoms with Crippen molar-refractivity contribution < 1.29 is 19.1 Å². The zero-order valence-electron chi connectivity index (χ0n) is 21.7. The summed E-state index contributed by atoms with van der Waals surface area (Å²) in [5.41, 5.74) is -0.365. The summed E-state index contributed by atoms with van der Waals surface area (Å²) in [4.78, 5) is 34.1. The van der Waals surface area contributed by atoms with Gasteiger partial charge in [0.1, 0.15) is 11.4 Å². The maximum absolute atomic E-state index is 13.2. The van der Waals surface area contributed by atoms with Gasteiger partial charge in [0.2, 0.25) is 0 Å². The molecule has 0 bridgehead atoms. The monoisotopic (exact) mass is 521 g/mol. The van der Waals surface area contributed by atoms with Gasteiger partial charge in [-0.05, 0) is 63.6 Å². The summed E-state index contributed by atoms with van der Waals surface area (Å²) in [5.74, 6) is -0.00117. The molecule has 2 heterocycles. The first kappa shape index (κ1) is 27.3. The average molecular weight is 522 g/mol. The van der Waals surface area contributed by atoms with E-state index in [2.05, 4.69) is 25.8 Å². The molecule has 0 radical (unpaired) electrons. The van der Waals surface area contributed by atoms with Gasteiger partial charge in [0.05, 0.1) is 18.7 Å². The van der Waals surface area contributed by atoms with Crippen LogP contribution in [0.4, 0.5) is 4.79 Å². The highest BCUT2D eigenvalue weighted by atomic mass is 35.5. The second-order valence-electron chi connectivity index (χ2n) is 10.9. The molecule has 1 saturated heterocycles. The number of hydrogen-bond donors (Lipinski definition) is 0. The van der Waals surface area contributed by atoms with Gasteiger partial charge in [0, 0.05) is 29.2 Å². The van der Waals surface area contributed by atoms with E-state index < -0.39 is 11.5 Å². The van der Waals surface area contributed by atoms with Crippen LogP contribution >= 0.6 is 22.9 Å². The molecule has 7 nitrogen and oxygen atoms in total. The van der Waals surface area contributed by atoms with E-state index in [1.54, 1.807) is 18.2 Å². The minimum Gasteiger partial charge on any atom is -0.496 e. The summed E-state index contributed by atoms with van der Waals surface area (Å²) >= 11 is 7.62. The van der Waals surface area contributed by atoms with Crippen LogP contribution in [0.25, 0.3) is 0 Å². The Morgan fingerprint density at radius 2 is 1.89 bits per heavy atom. The number of carbonyl (C=O) groups excluding carboxylic acids is 2. The van der Waals surface area contributed by atoms with Crippen LogP contribution in [0.3, 0.4) is 0 Å². The summed E-state index contributed by atoms with van der Waals surface area (Å²) in [6.07, 6.45) is 4.59. The van der Waals surface area contributed by atoms with E-state index in [-0.39, 0.29) is 17.6 Å². The van der Waals surface area contributed by atoms with E-state index in [1.165, 1.54) is 18.4 Å². The first-order valence-electron chi connectivity index (χ1n) is 11.9. The molecule has 0 aliphatic carbocycles. The summed E-state index contributed by atoms with van der Waals surface area (Å²) in [7, 11) is 1.51. The molecule has 2 aromatic rings. The van der Waals surface area contributed by atoms with Gasteiger partial charge in [-0.3, -0.25) is 4.79 Å². The third kappa shape index (κ3) is 7.10. The lowest BCUT2D eigenvalue weighted by molar-refractivity contribution is 0.00768. The van der Waals surface area contributed by atoms with Crippen molar-refractivity contribution in [1.29, 1.82) is 0 Å². The second kappa shape index (κ2) is 10.7. The molecule has 1 atom stereocenters. The minimum absolute atomic E-state index is 0.0456. The molecule has 192 valence electrons. The van der Waals surface area contributed by atoms with Crippen molar-refractivity contribution in [1.82, 2.24) is 9.47 Å². The predicted octanol–water partition coefficient (Wildman–Crippen LogP) is 6.04. The molecule has 0 N–H and O–H groups in total. The van der Waals surface area contributed by atoms with E-state index >= 15 is 0 Å². The maximum atomic E-state index is 13.2. The number of methoxy groups -OCH3 is 1. The molecular formula is C26H36ClN3O4S. The van der Waals surface area contributed by atoms with Gasteiger partial charge in [-0.25, -0.2) is 4.79 Å². The number of amides is 2. The topological polar surface area (TPSA) is 73.1 Å². The first-order chi connectivity index (χ1) is 16.3. The van der Waals surface area contributed by atoms with Crippen LogP contribution in [-0.4, -0.2) is 46.8 Å². The molecule has 2 amide bonds.